The lowest BCUT2D eigenvalue weighted by molar-refractivity contribution is 1.06. The van der Waals surface area contributed by atoms with Crippen molar-refractivity contribution in [2.75, 3.05) is 0 Å². The maximum Gasteiger partial charge on any atom is 0.140 e. The first kappa shape index (κ1) is 9.09. The molecule has 0 bridgehead atoms. The normalized spacial score (nSPS) is 10.1. The van der Waals surface area contributed by atoms with Crippen LogP contribution in [0.5, 0.6) is 0 Å². The molecule has 3 nitrogen and oxygen atoms in total. The molecular weight excluding hydrogens is 198 g/mol. The Morgan fingerprint density at radius 1 is 1.21 bits per heavy atom. The van der Waals surface area contributed by atoms with Crippen molar-refractivity contribution >= 4 is 11.6 Å². The topological polar surface area (TPSA) is 38.7 Å². The van der Waals surface area contributed by atoms with Gasteiger partial charge >= 0.3 is 0 Å². The van der Waals surface area contributed by atoms with Gasteiger partial charge < -0.3 is 0 Å². The molecule has 0 atom stereocenters. The average molecular weight is 206 g/mol. The summed E-state index contributed by atoms with van der Waals surface area (Å²) in [6.45, 7) is 1.81. The van der Waals surface area contributed by atoms with Crippen LogP contribution in [0.25, 0.3) is 11.1 Å². The number of pyridine rings is 1. The molecule has 0 radical (unpaired) electrons. The summed E-state index contributed by atoms with van der Waals surface area (Å²) in [5.41, 5.74) is 1.81. The lowest BCUT2D eigenvalue weighted by Crippen LogP contribution is -1.90. The number of aryl methyl sites for hydroxylation is 1. The first-order valence-corrected chi connectivity index (χ1v) is 4.55. The molecule has 14 heavy (non-hydrogen) atoms. The second-order valence-corrected chi connectivity index (χ2v) is 3.22. The number of aromatic nitrogens is 3. The monoisotopic (exact) mass is 205 g/mol. The van der Waals surface area contributed by atoms with Crippen LogP contribution in [0.2, 0.25) is 5.15 Å². The first-order valence-electron chi connectivity index (χ1n) is 4.17. The summed E-state index contributed by atoms with van der Waals surface area (Å²) in [7, 11) is 0. The second-order valence-electron chi connectivity index (χ2n) is 2.86. The third-order valence-corrected chi connectivity index (χ3v) is 2.14. The Hall–Kier alpha value is -1.48. The van der Waals surface area contributed by atoms with E-state index in [9.17, 15) is 0 Å². The van der Waals surface area contributed by atoms with Crippen molar-refractivity contribution < 1.29 is 0 Å². The van der Waals surface area contributed by atoms with Crippen molar-refractivity contribution in [2.24, 2.45) is 0 Å². The second kappa shape index (κ2) is 3.72. The molecule has 0 amide bonds. The minimum atomic E-state index is 0.476. The summed E-state index contributed by atoms with van der Waals surface area (Å²) in [5, 5.41) is 0.476. The summed E-state index contributed by atoms with van der Waals surface area (Å²) in [6.07, 6.45) is 5.15. The zero-order chi connectivity index (χ0) is 9.97. The summed E-state index contributed by atoms with van der Waals surface area (Å²) >= 11 is 5.99. The fraction of sp³-hybridized carbons (Fsp3) is 0.100. The maximum absolute atomic E-state index is 5.99. The molecule has 70 valence electrons. The number of nitrogens with zero attached hydrogens (tertiary/aromatic N) is 3. The van der Waals surface area contributed by atoms with Crippen LogP contribution in [-0.2, 0) is 0 Å². The van der Waals surface area contributed by atoms with Gasteiger partial charge in [0.15, 0.2) is 0 Å². The van der Waals surface area contributed by atoms with Crippen LogP contribution in [0.15, 0.2) is 30.7 Å². The smallest absolute Gasteiger partial charge is 0.140 e. The summed E-state index contributed by atoms with van der Waals surface area (Å²) in [5.74, 6) is 0.674. The highest BCUT2D eigenvalue weighted by atomic mass is 35.5. The Morgan fingerprint density at radius 2 is 1.93 bits per heavy atom. The van der Waals surface area contributed by atoms with Gasteiger partial charge in [-0.15, -0.1) is 0 Å². The molecule has 0 saturated heterocycles. The van der Waals surface area contributed by atoms with E-state index < -0.39 is 0 Å². The molecule has 0 aliphatic heterocycles. The van der Waals surface area contributed by atoms with E-state index in [-0.39, 0.29) is 0 Å². The van der Waals surface area contributed by atoms with E-state index in [1.54, 1.807) is 18.6 Å². The molecule has 0 fully saturated rings. The lowest BCUT2D eigenvalue weighted by atomic mass is 10.1. The molecule has 2 aromatic heterocycles. The van der Waals surface area contributed by atoms with Gasteiger partial charge in [-0.2, -0.15) is 0 Å². The molecule has 2 rings (SSSR count). The van der Waals surface area contributed by atoms with Crippen LogP contribution in [0.4, 0.5) is 0 Å². The van der Waals surface area contributed by atoms with Gasteiger partial charge in [0.05, 0.1) is 0 Å². The Balaban J connectivity index is 2.53. The minimum absolute atomic E-state index is 0.476. The average Bonchev–Trinajstić information content (AvgIpc) is 2.19. The van der Waals surface area contributed by atoms with Gasteiger partial charge in [0.2, 0.25) is 0 Å². The Kier molecular flexibility index (Phi) is 2.41. The van der Waals surface area contributed by atoms with E-state index in [2.05, 4.69) is 15.0 Å². The molecule has 0 aliphatic rings. The van der Waals surface area contributed by atoms with Gasteiger partial charge in [0.25, 0.3) is 0 Å². The number of halogens is 1. The van der Waals surface area contributed by atoms with E-state index in [0.29, 0.717) is 11.0 Å². The van der Waals surface area contributed by atoms with Gasteiger partial charge in [0, 0.05) is 24.2 Å². The molecule has 0 aromatic carbocycles. The van der Waals surface area contributed by atoms with Crippen molar-refractivity contribution in [3.8, 4) is 11.1 Å². The zero-order valence-corrected chi connectivity index (χ0v) is 8.36. The fourth-order valence-corrected chi connectivity index (χ4v) is 1.45. The predicted molar refractivity (Wildman–Crippen MR) is 55.0 cm³/mol. The zero-order valence-electron chi connectivity index (χ0n) is 7.61. The number of hydrogen-bond donors (Lipinski definition) is 0. The third kappa shape index (κ3) is 1.72. The molecule has 0 N–H and O–H groups in total. The standard InChI is InChI=1S/C10H8ClN3/c1-7-13-6-9(10(11)14-7)8-2-4-12-5-3-8/h2-6H,1H3. The molecule has 0 spiro atoms. The summed E-state index contributed by atoms with van der Waals surface area (Å²) in [4.78, 5) is 12.1. The molecule has 0 aliphatic carbocycles. The van der Waals surface area contributed by atoms with E-state index in [1.807, 2.05) is 19.1 Å². The lowest BCUT2D eigenvalue weighted by Gasteiger charge is -2.02. The molecule has 0 unspecified atom stereocenters. The van der Waals surface area contributed by atoms with Gasteiger partial charge in [0.1, 0.15) is 11.0 Å². The summed E-state index contributed by atoms with van der Waals surface area (Å²) in [6, 6.07) is 3.75. The van der Waals surface area contributed by atoms with Gasteiger partial charge in [-0.1, -0.05) is 11.6 Å². The minimum Gasteiger partial charge on any atom is -0.265 e. The van der Waals surface area contributed by atoms with Crippen molar-refractivity contribution in [3.05, 3.63) is 41.7 Å². The van der Waals surface area contributed by atoms with E-state index >= 15 is 0 Å². The number of hydrogen-bond acceptors (Lipinski definition) is 3. The first-order chi connectivity index (χ1) is 6.77. The Bertz CT molecular complexity index is 442. The highest BCUT2D eigenvalue weighted by Gasteiger charge is 2.04. The molecule has 2 aromatic rings. The van der Waals surface area contributed by atoms with Crippen molar-refractivity contribution in [3.63, 3.8) is 0 Å². The highest BCUT2D eigenvalue weighted by molar-refractivity contribution is 6.32. The fourth-order valence-electron chi connectivity index (χ4n) is 1.17. The molecule has 2 heterocycles. The largest absolute Gasteiger partial charge is 0.265 e. The Morgan fingerprint density at radius 3 is 2.57 bits per heavy atom. The van der Waals surface area contributed by atoms with Crippen LogP contribution < -0.4 is 0 Å². The van der Waals surface area contributed by atoms with Crippen LogP contribution >= 0.6 is 11.6 Å². The number of rotatable bonds is 1. The van der Waals surface area contributed by atoms with E-state index in [1.165, 1.54) is 0 Å². The quantitative estimate of drug-likeness (QED) is 0.672. The third-order valence-electron chi connectivity index (χ3n) is 1.85. The van der Waals surface area contributed by atoms with Crippen LogP contribution in [0.1, 0.15) is 5.82 Å². The SMILES string of the molecule is Cc1ncc(-c2ccncc2)c(Cl)n1. The molecular formula is C10H8ClN3. The van der Waals surface area contributed by atoms with E-state index in [0.717, 1.165) is 11.1 Å². The van der Waals surface area contributed by atoms with Crippen molar-refractivity contribution in [1.29, 1.82) is 0 Å². The van der Waals surface area contributed by atoms with Gasteiger partial charge in [-0.25, -0.2) is 9.97 Å². The van der Waals surface area contributed by atoms with Crippen LogP contribution in [-0.4, -0.2) is 15.0 Å². The van der Waals surface area contributed by atoms with Gasteiger partial charge in [-0.3, -0.25) is 4.98 Å². The van der Waals surface area contributed by atoms with Crippen LogP contribution in [0.3, 0.4) is 0 Å². The van der Waals surface area contributed by atoms with Crippen molar-refractivity contribution in [1.82, 2.24) is 15.0 Å². The van der Waals surface area contributed by atoms with E-state index in [4.69, 9.17) is 11.6 Å². The predicted octanol–water partition coefficient (Wildman–Crippen LogP) is 2.50. The summed E-state index contributed by atoms with van der Waals surface area (Å²) < 4.78 is 0. The molecule has 4 heteroatoms. The molecule has 0 saturated carbocycles. The van der Waals surface area contributed by atoms with Crippen molar-refractivity contribution in [2.45, 2.75) is 6.92 Å². The van der Waals surface area contributed by atoms with Gasteiger partial charge in [-0.05, 0) is 24.6 Å². The Labute approximate surface area is 86.8 Å². The van der Waals surface area contributed by atoms with Crippen LogP contribution in [0, 0.1) is 6.92 Å². The maximum atomic E-state index is 5.99. The highest BCUT2D eigenvalue weighted by Crippen LogP contribution is 2.24.